The van der Waals surface area contributed by atoms with Gasteiger partial charge in [-0.25, -0.2) is 0 Å². The molecule has 1 heterocycles. The van der Waals surface area contributed by atoms with Crippen molar-refractivity contribution in [3.63, 3.8) is 0 Å². The van der Waals surface area contributed by atoms with Crippen LogP contribution in [0.25, 0.3) is 0 Å². The number of carboxylic acid groups (broad SMARTS) is 1. The van der Waals surface area contributed by atoms with Crippen LogP contribution >= 0.6 is 0 Å². The Labute approximate surface area is 165 Å². The topological polar surface area (TPSA) is 68.7 Å². The fourth-order valence-corrected chi connectivity index (χ4v) is 4.18. The lowest BCUT2D eigenvalue weighted by Crippen LogP contribution is -2.20. The minimum absolute atomic E-state index is 0.0672. The van der Waals surface area contributed by atoms with E-state index in [0.717, 1.165) is 36.3 Å². The molecule has 0 spiro atoms. The molecule has 0 bridgehead atoms. The van der Waals surface area contributed by atoms with Crippen LogP contribution in [0.2, 0.25) is 0 Å². The molecule has 4 rings (SSSR count). The van der Waals surface area contributed by atoms with E-state index in [4.69, 9.17) is 9.47 Å². The summed E-state index contributed by atoms with van der Waals surface area (Å²) in [6.45, 7) is 2.48. The van der Waals surface area contributed by atoms with E-state index in [1.165, 1.54) is 5.56 Å². The zero-order chi connectivity index (χ0) is 19.7. The van der Waals surface area contributed by atoms with Gasteiger partial charge in [0, 0.05) is 12.1 Å². The standard InChI is InChI=1S/C23H27NO4/c1-14(23(25)26)22(15-6-7-15)16-4-3-5-19(8-16)28-13-18-10-21(18)17-9-20(27-2)12-24-11-17/h3-5,8-9,11-12,14-15,18,21-22H,6-7,10,13H2,1-2H3,(H,25,26)/t14-,18+,21+,22?/m0/s1. The molecule has 2 aliphatic carbocycles. The lowest BCUT2D eigenvalue weighted by molar-refractivity contribution is -0.142. The molecule has 1 aromatic heterocycles. The highest BCUT2D eigenvalue weighted by atomic mass is 16.5. The first-order chi connectivity index (χ1) is 13.6. The summed E-state index contributed by atoms with van der Waals surface area (Å²) in [5, 5.41) is 9.47. The molecule has 1 unspecified atom stereocenters. The average molecular weight is 381 g/mol. The zero-order valence-corrected chi connectivity index (χ0v) is 16.4. The van der Waals surface area contributed by atoms with Gasteiger partial charge in [0.05, 0.1) is 25.8 Å². The number of pyridine rings is 1. The van der Waals surface area contributed by atoms with E-state index in [9.17, 15) is 9.90 Å². The minimum atomic E-state index is -0.726. The Kier molecular flexibility index (Phi) is 5.25. The SMILES string of the molecule is COc1cncc([C@H]2C[C@@H]2COc2cccc(C(C3CC3)[C@H](C)C(=O)O)c2)c1. The minimum Gasteiger partial charge on any atom is -0.495 e. The Morgan fingerprint density at radius 3 is 2.79 bits per heavy atom. The first-order valence-electron chi connectivity index (χ1n) is 10.0. The first kappa shape index (κ1) is 18.8. The Morgan fingerprint density at radius 1 is 1.25 bits per heavy atom. The Hall–Kier alpha value is -2.56. The zero-order valence-electron chi connectivity index (χ0n) is 16.4. The van der Waals surface area contributed by atoms with Crippen LogP contribution in [0.15, 0.2) is 42.7 Å². The van der Waals surface area contributed by atoms with Crippen LogP contribution in [-0.4, -0.2) is 29.8 Å². The molecule has 0 amide bonds. The maximum atomic E-state index is 11.5. The van der Waals surface area contributed by atoms with Gasteiger partial charge in [0.2, 0.25) is 0 Å². The third-order valence-corrected chi connectivity index (χ3v) is 6.09. The average Bonchev–Trinajstić information content (AvgIpc) is 3.62. The third-order valence-electron chi connectivity index (χ3n) is 6.09. The van der Waals surface area contributed by atoms with E-state index < -0.39 is 5.97 Å². The number of aliphatic carboxylic acids is 1. The number of aromatic nitrogens is 1. The van der Waals surface area contributed by atoms with E-state index in [1.807, 2.05) is 43.5 Å². The summed E-state index contributed by atoms with van der Waals surface area (Å²) in [4.78, 5) is 15.8. The van der Waals surface area contributed by atoms with Crippen LogP contribution in [0.3, 0.4) is 0 Å². The van der Waals surface area contributed by atoms with Crippen LogP contribution in [-0.2, 0) is 4.79 Å². The van der Waals surface area contributed by atoms with Crippen molar-refractivity contribution < 1.29 is 19.4 Å². The molecule has 4 atom stereocenters. The predicted molar refractivity (Wildman–Crippen MR) is 106 cm³/mol. The summed E-state index contributed by atoms with van der Waals surface area (Å²) in [7, 11) is 1.65. The first-order valence-corrected chi connectivity index (χ1v) is 10.0. The molecule has 0 saturated heterocycles. The molecular formula is C23H27NO4. The van der Waals surface area contributed by atoms with Crippen molar-refractivity contribution in [3.8, 4) is 11.5 Å². The molecule has 0 aliphatic heterocycles. The van der Waals surface area contributed by atoms with E-state index in [-0.39, 0.29) is 11.8 Å². The lowest BCUT2D eigenvalue weighted by Gasteiger charge is -2.21. The summed E-state index contributed by atoms with van der Waals surface area (Å²) in [5.41, 5.74) is 2.28. The van der Waals surface area contributed by atoms with Gasteiger partial charge in [-0.05, 0) is 66.3 Å². The van der Waals surface area contributed by atoms with E-state index >= 15 is 0 Å². The normalized spacial score (nSPS) is 22.9. The largest absolute Gasteiger partial charge is 0.495 e. The molecule has 1 N–H and O–H groups in total. The second-order valence-electron chi connectivity index (χ2n) is 8.13. The molecule has 28 heavy (non-hydrogen) atoms. The predicted octanol–water partition coefficient (Wildman–Crippen LogP) is 4.49. The molecule has 5 heteroatoms. The van der Waals surface area contributed by atoms with Gasteiger partial charge >= 0.3 is 5.97 Å². The highest BCUT2D eigenvalue weighted by molar-refractivity contribution is 5.71. The Balaban J connectivity index is 1.38. The summed E-state index contributed by atoms with van der Waals surface area (Å²) in [5.74, 6) is 2.01. The fourth-order valence-electron chi connectivity index (χ4n) is 4.18. The van der Waals surface area contributed by atoms with Gasteiger partial charge in [0.15, 0.2) is 0 Å². The number of ether oxygens (including phenoxy) is 2. The molecule has 2 saturated carbocycles. The van der Waals surface area contributed by atoms with Crippen LogP contribution in [0, 0.1) is 17.8 Å². The Bertz CT molecular complexity index is 848. The molecule has 148 valence electrons. The molecule has 5 nitrogen and oxygen atoms in total. The highest BCUT2D eigenvalue weighted by Gasteiger charge is 2.40. The number of hydrogen-bond acceptors (Lipinski definition) is 4. The van der Waals surface area contributed by atoms with Gasteiger partial charge in [0.1, 0.15) is 11.5 Å². The monoisotopic (exact) mass is 381 g/mol. The van der Waals surface area contributed by atoms with E-state index in [0.29, 0.717) is 24.4 Å². The van der Waals surface area contributed by atoms with Gasteiger partial charge in [-0.1, -0.05) is 19.1 Å². The second-order valence-corrected chi connectivity index (χ2v) is 8.13. The van der Waals surface area contributed by atoms with Crippen LogP contribution in [0.1, 0.15) is 49.1 Å². The van der Waals surface area contributed by atoms with Gasteiger partial charge in [-0.2, -0.15) is 0 Å². The number of nitrogens with zero attached hydrogens (tertiary/aromatic N) is 1. The number of rotatable bonds is 9. The maximum Gasteiger partial charge on any atom is 0.306 e. The lowest BCUT2D eigenvalue weighted by atomic mass is 9.83. The van der Waals surface area contributed by atoms with Gasteiger partial charge in [0.25, 0.3) is 0 Å². The number of carbonyl (C=O) groups is 1. The van der Waals surface area contributed by atoms with Gasteiger partial charge in [-0.3, -0.25) is 9.78 Å². The van der Waals surface area contributed by atoms with Crippen molar-refractivity contribution in [2.24, 2.45) is 17.8 Å². The Morgan fingerprint density at radius 2 is 2.07 bits per heavy atom. The summed E-state index contributed by atoms with van der Waals surface area (Å²) >= 11 is 0. The van der Waals surface area contributed by atoms with Gasteiger partial charge in [-0.15, -0.1) is 0 Å². The summed E-state index contributed by atoms with van der Waals surface area (Å²) in [6.07, 6.45) is 6.95. The van der Waals surface area contributed by atoms with Gasteiger partial charge < -0.3 is 14.6 Å². The van der Waals surface area contributed by atoms with Crippen LogP contribution < -0.4 is 9.47 Å². The van der Waals surface area contributed by atoms with Crippen LogP contribution in [0.5, 0.6) is 11.5 Å². The number of carboxylic acids is 1. The highest BCUT2D eigenvalue weighted by Crippen LogP contribution is 2.49. The summed E-state index contributed by atoms with van der Waals surface area (Å²) in [6, 6.07) is 10.1. The number of methoxy groups -OCH3 is 1. The smallest absolute Gasteiger partial charge is 0.306 e. The molecule has 2 aliphatic rings. The quantitative estimate of drug-likeness (QED) is 0.693. The van der Waals surface area contributed by atoms with Crippen molar-refractivity contribution in [2.75, 3.05) is 13.7 Å². The van der Waals surface area contributed by atoms with Crippen LogP contribution in [0.4, 0.5) is 0 Å². The van der Waals surface area contributed by atoms with Crippen molar-refractivity contribution in [1.82, 2.24) is 4.98 Å². The molecule has 2 fully saturated rings. The number of benzene rings is 1. The van der Waals surface area contributed by atoms with E-state index in [1.54, 1.807) is 13.3 Å². The number of hydrogen-bond donors (Lipinski definition) is 1. The van der Waals surface area contributed by atoms with Crippen molar-refractivity contribution in [1.29, 1.82) is 0 Å². The van der Waals surface area contributed by atoms with Crippen molar-refractivity contribution >= 4 is 5.97 Å². The molecule has 1 aromatic carbocycles. The third kappa shape index (κ3) is 4.13. The summed E-state index contributed by atoms with van der Waals surface area (Å²) < 4.78 is 11.3. The fraction of sp³-hybridized carbons (Fsp3) is 0.478. The maximum absolute atomic E-state index is 11.5. The molecule has 0 radical (unpaired) electrons. The molecule has 2 aromatic rings. The van der Waals surface area contributed by atoms with Crippen molar-refractivity contribution in [3.05, 3.63) is 53.9 Å². The molecular weight excluding hydrogens is 354 g/mol. The van der Waals surface area contributed by atoms with E-state index in [2.05, 4.69) is 4.98 Å². The second kappa shape index (κ2) is 7.82. The van der Waals surface area contributed by atoms with Crippen molar-refractivity contribution in [2.45, 2.75) is 38.0 Å².